The van der Waals surface area contributed by atoms with Crippen LogP contribution in [0.3, 0.4) is 0 Å². The van der Waals surface area contributed by atoms with Crippen LogP contribution in [-0.4, -0.2) is 41.3 Å². The lowest BCUT2D eigenvalue weighted by Gasteiger charge is -2.11. The summed E-state index contributed by atoms with van der Waals surface area (Å²) in [6, 6.07) is 16.1. The number of benzene rings is 2. The molecule has 4 aromatic rings. The summed E-state index contributed by atoms with van der Waals surface area (Å²) in [4.78, 5) is 31.7. The van der Waals surface area contributed by atoms with E-state index in [9.17, 15) is 9.59 Å². The van der Waals surface area contributed by atoms with Crippen LogP contribution in [0.5, 0.6) is 0 Å². The monoisotopic (exact) mass is 436 g/mol. The Kier molecular flexibility index (Phi) is 5.52. The number of aromatic nitrogens is 3. The molecule has 8 heteroatoms. The van der Waals surface area contributed by atoms with Gasteiger partial charge in [-0.05, 0) is 48.0 Å². The first kappa shape index (κ1) is 20.7. The minimum atomic E-state index is -0.421. The molecule has 7 nitrogen and oxygen atoms in total. The normalized spacial score (nSPS) is 11.0. The van der Waals surface area contributed by atoms with Gasteiger partial charge in [-0.2, -0.15) is 0 Å². The summed E-state index contributed by atoms with van der Waals surface area (Å²) in [5.74, 6) is 0.369. The Labute approximate surface area is 184 Å². The van der Waals surface area contributed by atoms with E-state index in [1.165, 1.54) is 7.11 Å². The van der Waals surface area contributed by atoms with E-state index in [-0.39, 0.29) is 12.2 Å². The van der Waals surface area contributed by atoms with Gasteiger partial charge in [-0.1, -0.05) is 23.7 Å². The number of hydrogen-bond donors (Lipinski definition) is 0. The number of imidazole rings is 1. The number of carbonyl (C=O) groups excluding carboxylic acids is 1. The molecule has 31 heavy (non-hydrogen) atoms. The number of nitrogens with zero attached hydrogens (tertiary/aromatic N) is 4. The van der Waals surface area contributed by atoms with Gasteiger partial charge in [0.05, 0.1) is 42.1 Å². The van der Waals surface area contributed by atoms with Crippen molar-refractivity contribution >= 4 is 34.4 Å². The average Bonchev–Trinajstić information content (AvgIpc) is 3.04. The predicted octanol–water partition coefficient (Wildman–Crippen LogP) is 3.74. The van der Waals surface area contributed by atoms with Crippen LogP contribution in [0, 0.1) is 0 Å². The Balaban J connectivity index is 1.85. The van der Waals surface area contributed by atoms with E-state index in [1.54, 1.807) is 45.7 Å². The third kappa shape index (κ3) is 3.92. The van der Waals surface area contributed by atoms with Gasteiger partial charge in [-0.3, -0.25) is 9.13 Å². The molecule has 0 N–H and O–H groups in total. The van der Waals surface area contributed by atoms with Crippen LogP contribution >= 0.6 is 11.6 Å². The summed E-state index contributed by atoms with van der Waals surface area (Å²) in [6.45, 7) is 0.290. The fourth-order valence-corrected chi connectivity index (χ4v) is 3.67. The Hall–Kier alpha value is -3.58. The zero-order valence-corrected chi connectivity index (χ0v) is 18.1. The molecule has 0 unspecified atom stereocenters. The number of hydrogen-bond acceptors (Lipinski definition) is 5. The predicted molar refractivity (Wildman–Crippen MR) is 122 cm³/mol. The van der Waals surface area contributed by atoms with Crippen LogP contribution in [-0.2, 0) is 11.3 Å². The highest BCUT2D eigenvalue weighted by Crippen LogP contribution is 2.23. The second-order valence-electron chi connectivity index (χ2n) is 7.30. The molecule has 0 aliphatic heterocycles. The zero-order chi connectivity index (χ0) is 22.1. The number of carbonyl (C=O) groups is 1. The van der Waals surface area contributed by atoms with Crippen molar-refractivity contribution in [1.29, 1.82) is 0 Å². The number of rotatable bonds is 5. The van der Waals surface area contributed by atoms with Crippen LogP contribution in [0.4, 0.5) is 5.82 Å². The van der Waals surface area contributed by atoms with Gasteiger partial charge in [-0.15, -0.1) is 0 Å². The zero-order valence-electron chi connectivity index (χ0n) is 17.4. The summed E-state index contributed by atoms with van der Waals surface area (Å²) in [5.41, 5.74) is 3.07. The highest BCUT2D eigenvalue weighted by molar-refractivity contribution is 6.31. The summed E-state index contributed by atoms with van der Waals surface area (Å²) in [6.07, 6.45) is 1.67. The molecule has 2 aromatic carbocycles. The number of esters is 1. The minimum absolute atomic E-state index is 0.222. The highest BCUT2D eigenvalue weighted by atomic mass is 35.5. The van der Waals surface area contributed by atoms with Crippen LogP contribution in [0.1, 0.15) is 15.9 Å². The van der Waals surface area contributed by atoms with Crippen molar-refractivity contribution in [2.45, 2.75) is 6.54 Å². The quantitative estimate of drug-likeness (QED) is 0.446. The molecule has 0 spiro atoms. The molecule has 158 valence electrons. The van der Waals surface area contributed by atoms with Crippen molar-refractivity contribution in [2.75, 3.05) is 26.1 Å². The molecule has 4 rings (SSSR count). The van der Waals surface area contributed by atoms with Gasteiger partial charge in [0.2, 0.25) is 0 Å². The first-order valence-electron chi connectivity index (χ1n) is 9.61. The Morgan fingerprint density at radius 2 is 1.90 bits per heavy atom. The van der Waals surface area contributed by atoms with Crippen molar-refractivity contribution in [3.8, 4) is 5.69 Å². The number of methoxy groups -OCH3 is 1. The molecule has 2 heterocycles. The third-order valence-electron chi connectivity index (χ3n) is 5.03. The summed E-state index contributed by atoms with van der Waals surface area (Å²) >= 11 is 6.24. The second kappa shape index (κ2) is 8.28. The second-order valence-corrected chi connectivity index (χ2v) is 7.73. The molecule has 0 aliphatic carbocycles. The smallest absolute Gasteiger partial charge is 0.337 e. The molecule has 0 saturated heterocycles. The average molecular weight is 437 g/mol. The Morgan fingerprint density at radius 3 is 2.58 bits per heavy atom. The van der Waals surface area contributed by atoms with E-state index in [0.717, 1.165) is 16.9 Å². The molecule has 0 atom stereocenters. The van der Waals surface area contributed by atoms with Crippen molar-refractivity contribution in [2.24, 2.45) is 0 Å². The molecular formula is C23H21ClN4O3. The first-order valence-corrected chi connectivity index (χ1v) is 9.98. The van der Waals surface area contributed by atoms with Gasteiger partial charge in [0.15, 0.2) is 0 Å². The van der Waals surface area contributed by atoms with E-state index in [1.807, 2.05) is 43.3 Å². The topological polar surface area (TPSA) is 69.4 Å². The number of halogens is 1. The van der Waals surface area contributed by atoms with Gasteiger partial charge in [-0.25, -0.2) is 14.6 Å². The van der Waals surface area contributed by atoms with E-state index in [0.29, 0.717) is 21.8 Å². The largest absolute Gasteiger partial charge is 0.465 e. The van der Waals surface area contributed by atoms with Crippen molar-refractivity contribution < 1.29 is 9.53 Å². The lowest BCUT2D eigenvalue weighted by molar-refractivity contribution is 0.0600. The molecule has 0 amide bonds. The van der Waals surface area contributed by atoms with Crippen LogP contribution < -0.4 is 10.6 Å². The molecular weight excluding hydrogens is 416 g/mol. The van der Waals surface area contributed by atoms with Gasteiger partial charge >= 0.3 is 11.7 Å². The van der Waals surface area contributed by atoms with E-state index in [4.69, 9.17) is 16.3 Å². The number of anilines is 1. The number of ether oxygens (including phenoxy) is 1. The summed E-state index contributed by atoms with van der Waals surface area (Å²) in [7, 11) is 5.15. The lowest BCUT2D eigenvalue weighted by atomic mass is 10.1. The van der Waals surface area contributed by atoms with Crippen LogP contribution in [0.25, 0.3) is 16.7 Å². The van der Waals surface area contributed by atoms with Crippen LogP contribution in [0.15, 0.2) is 65.6 Å². The molecule has 0 radical (unpaired) electrons. The SMILES string of the molecule is COC(=O)c1cccc(Cn2c(=O)n(-c3ccc(N(C)C)nc3)c3cc(Cl)ccc32)c1. The first-order chi connectivity index (χ1) is 14.9. The van der Waals surface area contributed by atoms with Gasteiger partial charge < -0.3 is 9.64 Å². The minimum Gasteiger partial charge on any atom is -0.465 e. The maximum Gasteiger partial charge on any atom is 0.337 e. The molecule has 0 fully saturated rings. The number of pyridine rings is 1. The van der Waals surface area contributed by atoms with Crippen molar-refractivity contribution in [3.63, 3.8) is 0 Å². The Morgan fingerprint density at radius 1 is 1.10 bits per heavy atom. The van der Waals surface area contributed by atoms with Crippen molar-refractivity contribution in [3.05, 3.63) is 87.4 Å². The standard InChI is InChI=1S/C23H21ClN4O3/c1-26(2)21-10-8-18(13-25-21)28-20-12-17(24)7-9-19(20)27(23(28)30)14-15-5-4-6-16(11-15)22(29)31-3/h4-13H,14H2,1-3H3. The van der Waals surface area contributed by atoms with E-state index >= 15 is 0 Å². The lowest BCUT2D eigenvalue weighted by Crippen LogP contribution is -2.24. The molecule has 0 bridgehead atoms. The summed E-state index contributed by atoms with van der Waals surface area (Å²) in [5, 5.41) is 0.531. The number of fused-ring (bicyclic) bond motifs is 1. The summed E-state index contributed by atoms with van der Waals surface area (Å²) < 4.78 is 8.05. The van der Waals surface area contributed by atoms with Crippen LogP contribution in [0.2, 0.25) is 5.02 Å². The molecule has 2 aromatic heterocycles. The molecule has 0 aliphatic rings. The Bertz CT molecular complexity index is 1320. The fraction of sp³-hybridized carbons (Fsp3) is 0.174. The molecule has 0 saturated carbocycles. The fourth-order valence-electron chi connectivity index (χ4n) is 3.51. The van der Waals surface area contributed by atoms with E-state index in [2.05, 4.69) is 4.98 Å². The maximum atomic E-state index is 13.5. The van der Waals surface area contributed by atoms with E-state index < -0.39 is 5.97 Å². The third-order valence-corrected chi connectivity index (χ3v) is 5.26. The van der Waals surface area contributed by atoms with Gasteiger partial charge in [0.1, 0.15) is 5.82 Å². The van der Waals surface area contributed by atoms with Gasteiger partial charge in [0.25, 0.3) is 0 Å². The highest BCUT2D eigenvalue weighted by Gasteiger charge is 2.16. The van der Waals surface area contributed by atoms with Crippen molar-refractivity contribution in [1.82, 2.24) is 14.1 Å². The van der Waals surface area contributed by atoms with Gasteiger partial charge in [0, 0.05) is 19.1 Å². The maximum absolute atomic E-state index is 13.5.